The molecule has 16 heavy (non-hydrogen) atoms. The van der Waals surface area contributed by atoms with Crippen LogP contribution in [0, 0.1) is 13.8 Å². The van der Waals surface area contributed by atoms with Crippen LogP contribution < -0.4 is 0 Å². The average molecular weight is 334 g/mol. The van der Waals surface area contributed by atoms with Gasteiger partial charge in [0, 0.05) is 0 Å². The third kappa shape index (κ3) is 4.44. The molecule has 0 aliphatic rings. The van der Waals surface area contributed by atoms with Gasteiger partial charge in [0.2, 0.25) is 0 Å². The first-order chi connectivity index (χ1) is 7.40. The van der Waals surface area contributed by atoms with E-state index in [1.165, 1.54) is 22.7 Å². The summed E-state index contributed by atoms with van der Waals surface area (Å²) in [6.45, 7) is 3.87. The van der Waals surface area contributed by atoms with E-state index < -0.39 is 0 Å². The molecule has 0 amide bonds. The summed E-state index contributed by atoms with van der Waals surface area (Å²) in [6, 6.07) is 3.71. The standard InChI is InChI=1S/2C5H4Cl2S/c2*1-3-2-4(6)8-5(3)7/h2*2H,1H3. The first-order valence-corrected chi connectivity index (χ1v) is 7.37. The lowest BCUT2D eigenvalue weighted by Gasteiger charge is -1.76. The second-order valence-electron chi connectivity index (χ2n) is 3.01. The predicted molar refractivity (Wildman–Crippen MR) is 78.2 cm³/mol. The second-order valence-corrected chi connectivity index (χ2v) is 7.59. The number of halogens is 4. The molecule has 0 radical (unpaired) electrons. The molecule has 2 aromatic heterocycles. The molecule has 0 aromatic carbocycles. The van der Waals surface area contributed by atoms with Gasteiger partial charge >= 0.3 is 0 Å². The van der Waals surface area contributed by atoms with E-state index in [9.17, 15) is 0 Å². The molecule has 0 atom stereocenters. The monoisotopic (exact) mass is 332 g/mol. The van der Waals surface area contributed by atoms with Crippen molar-refractivity contribution in [3.05, 3.63) is 40.6 Å². The van der Waals surface area contributed by atoms with Crippen molar-refractivity contribution in [3.63, 3.8) is 0 Å². The molecule has 88 valence electrons. The van der Waals surface area contributed by atoms with Crippen LogP contribution in [0.15, 0.2) is 12.1 Å². The number of hydrogen-bond acceptors (Lipinski definition) is 2. The van der Waals surface area contributed by atoms with Crippen molar-refractivity contribution in [2.75, 3.05) is 0 Å². The van der Waals surface area contributed by atoms with E-state index in [0.717, 1.165) is 28.5 Å². The van der Waals surface area contributed by atoms with E-state index in [1.54, 1.807) is 0 Å². The van der Waals surface area contributed by atoms with Crippen molar-refractivity contribution in [1.29, 1.82) is 0 Å². The van der Waals surface area contributed by atoms with Crippen molar-refractivity contribution in [2.24, 2.45) is 0 Å². The highest BCUT2D eigenvalue weighted by molar-refractivity contribution is 7.20. The highest BCUT2D eigenvalue weighted by Crippen LogP contribution is 2.30. The van der Waals surface area contributed by atoms with Crippen LogP contribution in [0.2, 0.25) is 17.3 Å². The highest BCUT2D eigenvalue weighted by atomic mass is 35.5. The van der Waals surface area contributed by atoms with Crippen LogP contribution in [0.4, 0.5) is 0 Å². The quantitative estimate of drug-likeness (QED) is 0.501. The Morgan fingerprint density at radius 1 is 0.750 bits per heavy atom. The zero-order chi connectivity index (χ0) is 12.3. The third-order valence-corrected chi connectivity index (χ3v) is 5.02. The van der Waals surface area contributed by atoms with Gasteiger partial charge in [-0.3, -0.25) is 0 Å². The fourth-order valence-corrected chi connectivity index (χ4v) is 3.73. The van der Waals surface area contributed by atoms with Crippen LogP contribution >= 0.6 is 69.1 Å². The van der Waals surface area contributed by atoms with E-state index in [1.807, 2.05) is 26.0 Å². The Bertz CT molecular complexity index is 390. The number of hydrogen-bond donors (Lipinski definition) is 0. The van der Waals surface area contributed by atoms with Gasteiger partial charge in [-0.25, -0.2) is 0 Å². The molecule has 6 heteroatoms. The topological polar surface area (TPSA) is 0 Å². The van der Waals surface area contributed by atoms with Gasteiger partial charge in [0.05, 0.1) is 17.3 Å². The molecule has 0 nitrogen and oxygen atoms in total. The zero-order valence-corrected chi connectivity index (χ0v) is 13.1. The van der Waals surface area contributed by atoms with Gasteiger partial charge in [-0.15, -0.1) is 22.7 Å². The summed E-state index contributed by atoms with van der Waals surface area (Å²) < 4.78 is 3.09. The summed E-state index contributed by atoms with van der Waals surface area (Å²) in [5, 5.41) is 0. The number of thiophene rings is 2. The molecule has 2 aromatic rings. The SMILES string of the molecule is Cc1cc(Cl)sc1Cl.Cc1cc(Cl)sc1Cl. The van der Waals surface area contributed by atoms with E-state index >= 15 is 0 Å². The summed E-state index contributed by atoms with van der Waals surface area (Å²) in [6.07, 6.45) is 0. The van der Waals surface area contributed by atoms with Crippen LogP contribution in [0.1, 0.15) is 11.1 Å². The lowest BCUT2D eigenvalue weighted by atomic mass is 10.4. The Morgan fingerprint density at radius 2 is 1.06 bits per heavy atom. The van der Waals surface area contributed by atoms with Crippen molar-refractivity contribution < 1.29 is 0 Å². The molecule has 0 fully saturated rings. The minimum absolute atomic E-state index is 0.757. The van der Waals surface area contributed by atoms with Gasteiger partial charge in [-0.2, -0.15) is 0 Å². The number of aryl methyl sites for hydroxylation is 2. The van der Waals surface area contributed by atoms with Crippen LogP contribution in [-0.4, -0.2) is 0 Å². The van der Waals surface area contributed by atoms with E-state index in [4.69, 9.17) is 46.4 Å². The summed E-state index contributed by atoms with van der Waals surface area (Å²) in [4.78, 5) is 0. The zero-order valence-electron chi connectivity index (χ0n) is 8.48. The Kier molecular flexibility index (Phi) is 5.92. The van der Waals surface area contributed by atoms with Crippen molar-refractivity contribution in [2.45, 2.75) is 13.8 Å². The lowest BCUT2D eigenvalue weighted by molar-refractivity contribution is 1.56. The average Bonchev–Trinajstić information content (AvgIpc) is 2.58. The van der Waals surface area contributed by atoms with Crippen molar-refractivity contribution >= 4 is 69.1 Å². The maximum absolute atomic E-state index is 5.66. The van der Waals surface area contributed by atoms with Crippen molar-refractivity contribution in [3.8, 4) is 0 Å². The molecule has 0 aliphatic carbocycles. The fourth-order valence-electron chi connectivity index (χ4n) is 0.845. The largest absolute Gasteiger partial charge is 0.111 e. The van der Waals surface area contributed by atoms with Gasteiger partial charge < -0.3 is 0 Å². The fraction of sp³-hybridized carbons (Fsp3) is 0.200. The van der Waals surface area contributed by atoms with E-state index in [0.29, 0.717) is 0 Å². The molecule has 2 heterocycles. The molecule has 0 unspecified atom stereocenters. The Balaban J connectivity index is 0.000000160. The first kappa shape index (κ1) is 14.6. The summed E-state index contributed by atoms with van der Waals surface area (Å²) >= 11 is 25.3. The van der Waals surface area contributed by atoms with Crippen LogP contribution in [0.3, 0.4) is 0 Å². The predicted octanol–water partition coefficient (Wildman–Crippen LogP) is 6.73. The molecule has 0 N–H and O–H groups in total. The van der Waals surface area contributed by atoms with Gasteiger partial charge in [-0.05, 0) is 37.1 Å². The van der Waals surface area contributed by atoms with Crippen LogP contribution in [0.25, 0.3) is 0 Å². The van der Waals surface area contributed by atoms with Crippen molar-refractivity contribution in [1.82, 2.24) is 0 Å². The third-order valence-electron chi connectivity index (χ3n) is 1.65. The molecule has 0 bridgehead atoms. The maximum atomic E-state index is 5.66. The van der Waals surface area contributed by atoms with Gasteiger partial charge in [-0.1, -0.05) is 46.4 Å². The minimum atomic E-state index is 0.757. The second kappa shape index (κ2) is 6.48. The van der Waals surface area contributed by atoms with E-state index in [-0.39, 0.29) is 0 Å². The van der Waals surface area contributed by atoms with Crippen LogP contribution in [-0.2, 0) is 0 Å². The molecule has 0 aliphatic heterocycles. The van der Waals surface area contributed by atoms with Gasteiger partial charge in [0.25, 0.3) is 0 Å². The molecule has 0 saturated heterocycles. The minimum Gasteiger partial charge on any atom is -0.111 e. The molecular weight excluding hydrogens is 326 g/mol. The normalized spacial score (nSPS) is 9.88. The Morgan fingerprint density at radius 3 is 1.12 bits per heavy atom. The first-order valence-electron chi connectivity index (χ1n) is 4.23. The molecule has 0 spiro atoms. The maximum Gasteiger partial charge on any atom is 0.0973 e. The number of rotatable bonds is 0. The Hall–Kier alpha value is 0.560. The summed E-state index contributed by atoms with van der Waals surface area (Å²) in [5.41, 5.74) is 2.11. The Labute approximate surface area is 123 Å². The smallest absolute Gasteiger partial charge is 0.0973 e. The highest BCUT2D eigenvalue weighted by Gasteiger charge is 1.98. The lowest BCUT2D eigenvalue weighted by Crippen LogP contribution is -1.55. The molecular formula is C10H8Cl4S2. The van der Waals surface area contributed by atoms with E-state index in [2.05, 4.69) is 0 Å². The van der Waals surface area contributed by atoms with Crippen LogP contribution in [0.5, 0.6) is 0 Å². The summed E-state index contributed by atoms with van der Waals surface area (Å²) in [7, 11) is 0. The molecule has 0 saturated carbocycles. The summed E-state index contributed by atoms with van der Waals surface area (Å²) in [5.74, 6) is 0. The van der Waals surface area contributed by atoms with Gasteiger partial charge in [0.1, 0.15) is 0 Å². The molecule has 2 rings (SSSR count). The van der Waals surface area contributed by atoms with Gasteiger partial charge in [0.15, 0.2) is 0 Å².